The fourth-order valence-corrected chi connectivity index (χ4v) is 2.23. The van der Waals surface area contributed by atoms with Gasteiger partial charge in [0.25, 0.3) is 5.56 Å². The van der Waals surface area contributed by atoms with Crippen molar-refractivity contribution in [1.29, 1.82) is 0 Å². The molecule has 0 saturated carbocycles. The fourth-order valence-electron chi connectivity index (χ4n) is 2.23. The van der Waals surface area contributed by atoms with E-state index in [1.807, 2.05) is 0 Å². The minimum absolute atomic E-state index is 0.166. The van der Waals surface area contributed by atoms with Crippen LogP contribution < -0.4 is 10.9 Å². The van der Waals surface area contributed by atoms with E-state index < -0.39 is 0 Å². The van der Waals surface area contributed by atoms with E-state index in [1.165, 1.54) is 38.4 Å². The third-order valence-corrected chi connectivity index (χ3v) is 3.28. The van der Waals surface area contributed by atoms with Crippen molar-refractivity contribution in [1.82, 2.24) is 15.1 Å². The van der Waals surface area contributed by atoms with Gasteiger partial charge in [0.2, 0.25) is 0 Å². The van der Waals surface area contributed by atoms with Gasteiger partial charge in [0, 0.05) is 18.7 Å². The maximum absolute atomic E-state index is 11.1. The lowest BCUT2D eigenvalue weighted by atomic mass is 10.1. The lowest BCUT2D eigenvalue weighted by Crippen LogP contribution is -2.41. The molecule has 5 heteroatoms. The summed E-state index contributed by atoms with van der Waals surface area (Å²) in [7, 11) is 0. The summed E-state index contributed by atoms with van der Waals surface area (Å²) in [4.78, 5) is 13.6. The highest BCUT2D eigenvalue weighted by Crippen LogP contribution is 2.12. The van der Waals surface area contributed by atoms with Gasteiger partial charge in [0.1, 0.15) is 0 Å². The number of likely N-dealkylation sites (tertiary alicyclic amines) is 1. The molecule has 1 fully saturated rings. The molecule has 94 valence electrons. The zero-order valence-electron chi connectivity index (χ0n) is 10.3. The number of aromatic nitrogens is 2. The molecule has 1 aromatic rings. The van der Waals surface area contributed by atoms with Crippen LogP contribution in [-0.4, -0.2) is 40.8 Å². The van der Waals surface area contributed by atoms with E-state index in [9.17, 15) is 4.79 Å². The molecule has 1 saturated heterocycles. The van der Waals surface area contributed by atoms with Crippen molar-refractivity contribution < 1.29 is 0 Å². The molecule has 1 aliphatic heterocycles. The number of hydrogen-bond acceptors (Lipinski definition) is 4. The van der Waals surface area contributed by atoms with Gasteiger partial charge >= 0.3 is 0 Å². The molecular formula is C12H20N4O. The summed E-state index contributed by atoms with van der Waals surface area (Å²) in [5, 5.41) is 9.39. The minimum atomic E-state index is -0.166. The van der Waals surface area contributed by atoms with E-state index in [1.54, 1.807) is 6.20 Å². The Morgan fingerprint density at radius 3 is 2.94 bits per heavy atom. The summed E-state index contributed by atoms with van der Waals surface area (Å²) < 4.78 is 0. The number of aromatic amines is 1. The molecule has 17 heavy (non-hydrogen) atoms. The van der Waals surface area contributed by atoms with Gasteiger partial charge in [-0.05, 0) is 32.9 Å². The van der Waals surface area contributed by atoms with Gasteiger partial charge in [-0.15, -0.1) is 0 Å². The summed E-state index contributed by atoms with van der Waals surface area (Å²) in [5.41, 5.74) is 0.623. The molecule has 0 aromatic carbocycles. The highest BCUT2D eigenvalue weighted by Gasteiger charge is 2.16. The first-order valence-electron chi connectivity index (χ1n) is 6.28. The number of anilines is 1. The van der Waals surface area contributed by atoms with Crippen molar-refractivity contribution in [3.05, 3.63) is 22.6 Å². The average Bonchev–Trinajstić information content (AvgIpc) is 2.37. The second-order valence-corrected chi connectivity index (χ2v) is 4.66. The van der Waals surface area contributed by atoms with Crippen LogP contribution in [0.5, 0.6) is 0 Å². The largest absolute Gasteiger partial charge is 0.382 e. The first-order valence-corrected chi connectivity index (χ1v) is 6.28. The molecule has 1 unspecified atom stereocenters. The van der Waals surface area contributed by atoms with E-state index in [0.29, 0.717) is 6.04 Å². The highest BCUT2D eigenvalue weighted by molar-refractivity contribution is 5.38. The van der Waals surface area contributed by atoms with Crippen molar-refractivity contribution >= 4 is 5.69 Å². The number of piperidine rings is 1. The third-order valence-electron chi connectivity index (χ3n) is 3.28. The Kier molecular flexibility index (Phi) is 4.14. The Balaban J connectivity index is 1.82. The molecule has 0 bridgehead atoms. The van der Waals surface area contributed by atoms with Gasteiger partial charge < -0.3 is 5.32 Å². The van der Waals surface area contributed by atoms with E-state index >= 15 is 0 Å². The summed E-state index contributed by atoms with van der Waals surface area (Å²) >= 11 is 0. The molecule has 0 amide bonds. The van der Waals surface area contributed by atoms with Crippen LogP contribution in [0.1, 0.15) is 26.2 Å². The van der Waals surface area contributed by atoms with E-state index in [4.69, 9.17) is 0 Å². The maximum Gasteiger partial charge on any atom is 0.266 e. The van der Waals surface area contributed by atoms with Gasteiger partial charge in [-0.25, -0.2) is 5.10 Å². The van der Waals surface area contributed by atoms with Gasteiger partial charge in [-0.1, -0.05) is 6.42 Å². The average molecular weight is 236 g/mol. The van der Waals surface area contributed by atoms with Crippen LogP contribution in [0.3, 0.4) is 0 Å². The Morgan fingerprint density at radius 2 is 2.24 bits per heavy atom. The normalized spacial score (nSPS) is 18.9. The maximum atomic E-state index is 11.1. The van der Waals surface area contributed by atoms with Crippen LogP contribution >= 0.6 is 0 Å². The van der Waals surface area contributed by atoms with Crippen LogP contribution in [0.25, 0.3) is 0 Å². The molecule has 1 atom stereocenters. The van der Waals surface area contributed by atoms with Crippen LogP contribution in [0, 0.1) is 0 Å². The monoisotopic (exact) mass is 236 g/mol. The SMILES string of the molecule is CC(CNc1cn[nH]c(=O)c1)N1CCCCC1. The summed E-state index contributed by atoms with van der Waals surface area (Å²) in [6.07, 6.45) is 5.60. The number of rotatable bonds is 4. The third kappa shape index (κ3) is 3.56. The highest BCUT2D eigenvalue weighted by atomic mass is 16.1. The van der Waals surface area contributed by atoms with Crippen molar-refractivity contribution in [2.24, 2.45) is 0 Å². The molecule has 2 heterocycles. The second-order valence-electron chi connectivity index (χ2n) is 4.66. The summed E-state index contributed by atoms with van der Waals surface area (Å²) in [6.45, 7) is 5.46. The molecule has 5 nitrogen and oxygen atoms in total. The zero-order valence-corrected chi connectivity index (χ0v) is 10.3. The standard InChI is InChI=1S/C12H20N4O/c1-10(16-5-3-2-4-6-16)8-13-11-7-12(17)15-14-9-11/h7,9-10H,2-6,8H2,1H3,(H2,13,15,17). The molecule has 2 N–H and O–H groups in total. The Hall–Kier alpha value is -1.36. The van der Waals surface area contributed by atoms with Crippen molar-refractivity contribution in [3.63, 3.8) is 0 Å². The lowest BCUT2D eigenvalue weighted by Gasteiger charge is -2.32. The summed E-state index contributed by atoms with van der Waals surface area (Å²) in [6, 6.07) is 2.03. The zero-order chi connectivity index (χ0) is 12.1. The Labute approximate surface area is 101 Å². The molecule has 1 aliphatic rings. The van der Waals surface area contributed by atoms with Crippen molar-refractivity contribution in [2.45, 2.75) is 32.2 Å². The lowest BCUT2D eigenvalue weighted by molar-refractivity contribution is 0.180. The number of nitrogens with one attached hydrogen (secondary N) is 2. The molecular weight excluding hydrogens is 216 g/mol. The Morgan fingerprint density at radius 1 is 1.47 bits per heavy atom. The quantitative estimate of drug-likeness (QED) is 0.820. The molecule has 0 aliphatic carbocycles. The van der Waals surface area contributed by atoms with E-state index in [0.717, 1.165) is 12.2 Å². The predicted molar refractivity (Wildman–Crippen MR) is 68.2 cm³/mol. The first kappa shape index (κ1) is 12.1. The van der Waals surface area contributed by atoms with Gasteiger partial charge in [-0.3, -0.25) is 9.69 Å². The van der Waals surface area contributed by atoms with Crippen LogP contribution in [-0.2, 0) is 0 Å². The van der Waals surface area contributed by atoms with Crippen LogP contribution in [0.2, 0.25) is 0 Å². The van der Waals surface area contributed by atoms with E-state index in [-0.39, 0.29) is 5.56 Å². The number of H-pyrrole nitrogens is 1. The minimum Gasteiger partial charge on any atom is -0.382 e. The number of hydrogen-bond donors (Lipinski definition) is 2. The second kappa shape index (κ2) is 5.82. The molecule has 2 rings (SSSR count). The molecule has 0 radical (unpaired) electrons. The van der Waals surface area contributed by atoms with Crippen molar-refractivity contribution in [3.8, 4) is 0 Å². The van der Waals surface area contributed by atoms with E-state index in [2.05, 4.69) is 27.3 Å². The van der Waals surface area contributed by atoms with Gasteiger partial charge in [0.15, 0.2) is 0 Å². The Bertz CT molecular complexity index is 397. The van der Waals surface area contributed by atoms with Crippen molar-refractivity contribution in [2.75, 3.05) is 25.0 Å². The first-order chi connectivity index (χ1) is 8.25. The van der Waals surface area contributed by atoms with Crippen LogP contribution in [0.4, 0.5) is 5.69 Å². The predicted octanol–water partition coefficient (Wildman–Crippen LogP) is 1.06. The van der Waals surface area contributed by atoms with Gasteiger partial charge in [-0.2, -0.15) is 5.10 Å². The summed E-state index contributed by atoms with van der Waals surface area (Å²) in [5.74, 6) is 0. The fraction of sp³-hybridized carbons (Fsp3) is 0.667. The topological polar surface area (TPSA) is 61.0 Å². The van der Waals surface area contributed by atoms with Crippen LogP contribution in [0.15, 0.2) is 17.1 Å². The molecule has 0 spiro atoms. The smallest absolute Gasteiger partial charge is 0.266 e. The number of nitrogens with zero attached hydrogens (tertiary/aromatic N) is 2. The molecule has 1 aromatic heterocycles. The van der Waals surface area contributed by atoms with Gasteiger partial charge in [0.05, 0.1) is 11.9 Å².